The minimum Gasteiger partial charge on any atom is -0.481 e. The molecule has 1 aliphatic heterocycles. The van der Waals surface area contributed by atoms with Gasteiger partial charge in [-0.1, -0.05) is 18.2 Å². The molecule has 0 spiro atoms. The lowest BCUT2D eigenvalue weighted by Gasteiger charge is -2.29. The predicted molar refractivity (Wildman–Crippen MR) is 62.2 cm³/mol. The van der Waals surface area contributed by atoms with E-state index in [0.717, 1.165) is 6.54 Å². The van der Waals surface area contributed by atoms with Crippen molar-refractivity contribution in [1.82, 2.24) is 5.32 Å². The molecule has 0 amide bonds. The van der Waals surface area contributed by atoms with Crippen LogP contribution in [0.5, 0.6) is 0 Å². The second kappa shape index (κ2) is 5.27. The highest BCUT2D eigenvalue weighted by atomic mass is 19.1. The zero-order valence-electron chi connectivity index (χ0n) is 9.53. The van der Waals surface area contributed by atoms with Gasteiger partial charge in [-0.15, -0.1) is 0 Å². The van der Waals surface area contributed by atoms with Gasteiger partial charge in [0.05, 0.1) is 5.92 Å². The number of carbonyl (C=O) groups is 1. The van der Waals surface area contributed by atoms with Crippen molar-refractivity contribution in [3.05, 3.63) is 35.6 Å². The van der Waals surface area contributed by atoms with Crippen molar-refractivity contribution in [1.29, 1.82) is 0 Å². The van der Waals surface area contributed by atoms with Crippen LogP contribution in [0.3, 0.4) is 0 Å². The molecule has 0 radical (unpaired) electrons. The summed E-state index contributed by atoms with van der Waals surface area (Å²) in [4.78, 5) is 11.1. The molecule has 1 aliphatic rings. The Labute approximate surface area is 99.7 Å². The summed E-state index contributed by atoms with van der Waals surface area (Å²) < 4.78 is 13.5. The first kappa shape index (κ1) is 12.0. The number of nitrogens with one attached hydrogen (secondary N) is 1. The van der Waals surface area contributed by atoms with Crippen molar-refractivity contribution in [2.45, 2.75) is 12.8 Å². The Morgan fingerprint density at radius 1 is 1.47 bits per heavy atom. The summed E-state index contributed by atoms with van der Waals surface area (Å²) in [6, 6.07) is 6.57. The third-order valence-corrected chi connectivity index (χ3v) is 3.36. The van der Waals surface area contributed by atoms with Gasteiger partial charge >= 0.3 is 5.97 Å². The van der Waals surface area contributed by atoms with Gasteiger partial charge in [0.25, 0.3) is 0 Å². The number of aliphatic carboxylic acids is 1. The zero-order chi connectivity index (χ0) is 12.3. The molecule has 1 saturated heterocycles. The van der Waals surface area contributed by atoms with Crippen molar-refractivity contribution >= 4 is 5.97 Å². The molecule has 92 valence electrons. The van der Waals surface area contributed by atoms with Gasteiger partial charge in [-0.3, -0.25) is 4.79 Å². The maximum atomic E-state index is 13.5. The van der Waals surface area contributed by atoms with Crippen molar-refractivity contribution in [2.75, 3.05) is 13.1 Å². The molecule has 3 nitrogen and oxygen atoms in total. The van der Waals surface area contributed by atoms with E-state index in [1.54, 1.807) is 18.2 Å². The molecule has 1 aromatic rings. The van der Waals surface area contributed by atoms with Crippen molar-refractivity contribution in [3.63, 3.8) is 0 Å². The van der Waals surface area contributed by atoms with Crippen LogP contribution in [-0.4, -0.2) is 24.2 Å². The Bertz CT molecular complexity index is 408. The largest absolute Gasteiger partial charge is 0.481 e. The highest BCUT2D eigenvalue weighted by Crippen LogP contribution is 2.24. The van der Waals surface area contributed by atoms with Crippen molar-refractivity contribution in [2.24, 2.45) is 11.8 Å². The quantitative estimate of drug-likeness (QED) is 0.841. The van der Waals surface area contributed by atoms with E-state index in [9.17, 15) is 9.18 Å². The van der Waals surface area contributed by atoms with Crippen molar-refractivity contribution in [3.8, 4) is 0 Å². The lowest BCUT2D eigenvalue weighted by atomic mass is 9.82. The van der Waals surface area contributed by atoms with Crippen LogP contribution in [0, 0.1) is 17.7 Å². The smallest absolute Gasteiger partial charge is 0.306 e. The van der Waals surface area contributed by atoms with E-state index >= 15 is 0 Å². The van der Waals surface area contributed by atoms with E-state index in [-0.39, 0.29) is 17.7 Å². The van der Waals surface area contributed by atoms with Crippen LogP contribution in [-0.2, 0) is 11.2 Å². The molecule has 1 heterocycles. The van der Waals surface area contributed by atoms with Crippen LogP contribution in [0.25, 0.3) is 0 Å². The van der Waals surface area contributed by atoms with E-state index in [1.165, 1.54) is 6.07 Å². The number of carboxylic acid groups (broad SMARTS) is 1. The Kier molecular flexibility index (Phi) is 3.74. The van der Waals surface area contributed by atoms with Gasteiger partial charge in [-0.2, -0.15) is 0 Å². The summed E-state index contributed by atoms with van der Waals surface area (Å²) in [7, 11) is 0. The van der Waals surface area contributed by atoms with E-state index in [1.807, 2.05) is 0 Å². The lowest BCUT2D eigenvalue weighted by molar-refractivity contribution is -0.144. The number of piperidine rings is 1. The third-order valence-electron chi connectivity index (χ3n) is 3.36. The molecule has 4 heteroatoms. The molecule has 0 bridgehead atoms. The average Bonchev–Trinajstić information content (AvgIpc) is 2.32. The fraction of sp³-hybridized carbons (Fsp3) is 0.462. The molecule has 0 aromatic heterocycles. The minimum absolute atomic E-state index is 0.0295. The van der Waals surface area contributed by atoms with Crippen LogP contribution in [0.1, 0.15) is 12.0 Å². The van der Waals surface area contributed by atoms with Gasteiger partial charge in [0, 0.05) is 0 Å². The van der Waals surface area contributed by atoms with E-state index < -0.39 is 5.97 Å². The molecule has 2 rings (SSSR count). The molecular weight excluding hydrogens is 221 g/mol. The number of halogens is 1. The summed E-state index contributed by atoms with van der Waals surface area (Å²) in [6.07, 6.45) is 1.10. The molecule has 1 fully saturated rings. The Balaban J connectivity index is 2.11. The molecular formula is C13H16FNO2. The molecule has 2 atom stereocenters. The van der Waals surface area contributed by atoms with Crippen LogP contribution in [0.2, 0.25) is 0 Å². The van der Waals surface area contributed by atoms with Gasteiger partial charge in [0.1, 0.15) is 5.82 Å². The third kappa shape index (κ3) is 2.82. The maximum Gasteiger partial charge on any atom is 0.306 e. The molecule has 17 heavy (non-hydrogen) atoms. The Morgan fingerprint density at radius 2 is 2.24 bits per heavy atom. The number of hydrogen-bond acceptors (Lipinski definition) is 2. The monoisotopic (exact) mass is 237 g/mol. The summed E-state index contributed by atoms with van der Waals surface area (Å²) in [5.41, 5.74) is 0.604. The highest BCUT2D eigenvalue weighted by Gasteiger charge is 2.31. The first-order valence-electron chi connectivity index (χ1n) is 5.85. The van der Waals surface area contributed by atoms with E-state index in [4.69, 9.17) is 5.11 Å². The minimum atomic E-state index is -0.771. The fourth-order valence-corrected chi connectivity index (χ4v) is 2.41. The van der Waals surface area contributed by atoms with Crippen LogP contribution in [0.15, 0.2) is 24.3 Å². The van der Waals surface area contributed by atoms with Crippen molar-refractivity contribution < 1.29 is 14.3 Å². The van der Waals surface area contributed by atoms with E-state index in [0.29, 0.717) is 24.9 Å². The lowest BCUT2D eigenvalue weighted by Crippen LogP contribution is -2.41. The molecule has 0 aliphatic carbocycles. The van der Waals surface area contributed by atoms with Gasteiger partial charge in [0.2, 0.25) is 0 Å². The topological polar surface area (TPSA) is 49.3 Å². The first-order chi connectivity index (χ1) is 8.18. The molecule has 2 unspecified atom stereocenters. The van der Waals surface area contributed by atoms with Crippen LogP contribution >= 0.6 is 0 Å². The number of carboxylic acids is 1. The number of hydrogen-bond donors (Lipinski definition) is 2. The summed E-state index contributed by atoms with van der Waals surface area (Å²) in [5, 5.41) is 12.3. The Hall–Kier alpha value is -1.42. The zero-order valence-corrected chi connectivity index (χ0v) is 9.53. The second-order valence-corrected chi connectivity index (χ2v) is 4.49. The average molecular weight is 237 g/mol. The Morgan fingerprint density at radius 3 is 2.94 bits per heavy atom. The van der Waals surface area contributed by atoms with Crippen LogP contribution in [0.4, 0.5) is 4.39 Å². The van der Waals surface area contributed by atoms with Gasteiger partial charge in [0.15, 0.2) is 0 Å². The fourth-order valence-electron chi connectivity index (χ4n) is 2.41. The van der Waals surface area contributed by atoms with Gasteiger partial charge in [-0.25, -0.2) is 4.39 Å². The summed E-state index contributed by atoms with van der Waals surface area (Å²) in [5.74, 6) is -1.41. The SMILES string of the molecule is O=C(O)C1CCNCC1Cc1ccccc1F. The highest BCUT2D eigenvalue weighted by molar-refractivity contribution is 5.70. The summed E-state index contributed by atoms with van der Waals surface area (Å²) in [6.45, 7) is 1.37. The number of rotatable bonds is 3. The first-order valence-corrected chi connectivity index (χ1v) is 5.85. The predicted octanol–water partition coefficient (Wildman–Crippen LogP) is 1.68. The van der Waals surface area contributed by atoms with Gasteiger partial charge in [-0.05, 0) is 43.5 Å². The second-order valence-electron chi connectivity index (χ2n) is 4.49. The van der Waals surface area contributed by atoms with E-state index in [2.05, 4.69) is 5.32 Å². The van der Waals surface area contributed by atoms with Crippen LogP contribution < -0.4 is 5.32 Å². The maximum absolute atomic E-state index is 13.5. The standard InChI is InChI=1S/C13H16FNO2/c14-12-4-2-1-3-9(12)7-10-8-15-6-5-11(10)13(16)17/h1-4,10-11,15H,5-8H2,(H,16,17). The summed E-state index contributed by atoms with van der Waals surface area (Å²) >= 11 is 0. The molecule has 0 saturated carbocycles. The normalized spacial score (nSPS) is 24.5. The molecule has 1 aromatic carbocycles. The van der Waals surface area contributed by atoms with Gasteiger partial charge < -0.3 is 10.4 Å². The molecule has 2 N–H and O–H groups in total. The number of benzene rings is 1.